The van der Waals surface area contributed by atoms with Crippen LogP contribution in [0.2, 0.25) is 0 Å². The third kappa shape index (κ3) is 4.38. The summed E-state index contributed by atoms with van der Waals surface area (Å²) in [5, 5.41) is 7.66. The molecule has 0 bridgehead atoms. The van der Waals surface area contributed by atoms with Gasteiger partial charge in [-0.05, 0) is 12.8 Å². The van der Waals surface area contributed by atoms with Gasteiger partial charge in [0.1, 0.15) is 12.2 Å². The van der Waals surface area contributed by atoms with Gasteiger partial charge in [-0.15, -0.1) is 10.2 Å². The van der Waals surface area contributed by atoms with E-state index in [0.29, 0.717) is 5.82 Å². The highest BCUT2D eigenvalue weighted by molar-refractivity contribution is 7.89. The summed E-state index contributed by atoms with van der Waals surface area (Å²) in [4.78, 5) is 0. The molecule has 0 aliphatic rings. The Bertz CT molecular complexity index is 451. The summed E-state index contributed by atoms with van der Waals surface area (Å²) in [6.45, 7) is 6.92. The van der Waals surface area contributed by atoms with Crippen molar-refractivity contribution in [2.75, 3.05) is 5.75 Å². The maximum atomic E-state index is 11.9. The zero-order valence-electron chi connectivity index (χ0n) is 11.3. The second-order valence-corrected chi connectivity index (χ2v) is 6.17. The van der Waals surface area contributed by atoms with Crippen molar-refractivity contribution in [1.29, 1.82) is 0 Å². The molecule has 104 valence electrons. The molecule has 0 radical (unpaired) electrons. The van der Waals surface area contributed by atoms with Gasteiger partial charge in [0.05, 0.1) is 12.3 Å². The van der Waals surface area contributed by atoms with Crippen LogP contribution in [0.25, 0.3) is 0 Å². The van der Waals surface area contributed by atoms with Crippen LogP contribution in [0.15, 0.2) is 6.33 Å². The zero-order valence-corrected chi connectivity index (χ0v) is 12.1. The summed E-state index contributed by atoms with van der Waals surface area (Å²) >= 11 is 0. The van der Waals surface area contributed by atoms with Crippen LogP contribution < -0.4 is 4.72 Å². The standard InChI is InChI=1S/C11H22N4O2S/c1-4-10(5-2)8-18(16,17)13-7-11-14-12-9-15(11)6-3/h9-10,13H,4-8H2,1-3H3. The van der Waals surface area contributed by atoms with E-state index in [9.17, 15) is 8.42 Å². The Morgan fingerprint density at radius 1 is 1.33 bits per heavy atom. The number of rotatable bonds is 8. The van der Waals surface area contributed by atoms with Crippen LogP contribution in [0.3, 0.4) is 0 Å². The van der Waals surface area contributed by atoms with Gasteiger partial charge in [-0.3, -0.25) is 0 Å². The van der Waals surface area contributed by atoms with Crippen molar-refractivity contribution in [2.24, 2.45) is 5.92 Å². The summed E-state index contributed by atoms with van der Waals surface area (Å²) < 4.78 is 28.2. The van der Waals surface area contributed by atoms with Gasteiger partial charge >= 0.3 is 0 Å². The van der Waals surface area contributed by atoms with Gasteiger partial charge in [0.2, 0.25) is 10.0 Å². The lowest BCUT2D eigenvalue weighted by Gasteiger charge is -2.13. The first kappa shape index (κ1) is 15.1. The summed E-state index contributed by atoms with van der Waals surface area (Å²) in [5.74, 6) is 1.04. The zero-order chi connectivity index (χ0) is 13.6. The van der Waals surface area contributed by atoms with Gasteiger partial charge in [0, 0.05) is 6.54 Å². The summed E-state index contributed by atoms with van der Waals surface area (Å²) in [7, 11) is -3.24. The van der Waals surface area contributed by atoms with Crippen LogP contribution >= 0.6 is 0 Å². The molecule has 0 aromatic carbocycles. The van der Waals surface area contributed by atoms with E-state index in [1.807, 2.05) is 25.3 Å². The van der Waals surface area contributed by atoms with Crippen LogP contribution in [0.1, 0.15) is 39.4 Å². The molecular weight excluding hydrogens is 252 g/mol. The minimum absolute atomic E-state index is 0.181. The third-order valence-corrected chi connectivity index (χ3v) is 4.59. The van der Waals surface area contributed by atoms with E-state index in [0.717, 1.165) is 19.4 Å². The highest BCUT2D eigenvalue weighted by Crippen LogP contribution is 2.10. The van der Waals surface area contributed by atoms with Crippen molar-refractivity contribution in [3.8, 4) is 0 Å². The lowest BCUT2D eigenvalue weighted by molar-refractivity contribution is 0.515. The Kier molecular flexibility index (Phi) is 5.74. The van der Waals surface area contributed by atoms with E-state index in [1.165, 1.54) is 0 Å². The first-order chi connectivity index (χ1) is 8.52. The SMILES string of the molecule is CCC(CC)CS(=O)(=O)NCc1nncn1CC. The number of nitrogens with zero attached hydrogens (tertiary/aromatic N) is 3. The first-order valence-electron chi connectivity index (χ1n) is 6.36. The van der Waals surface area contributed by atoms with Crippen LogP contribution in [0.4, 0.5) is 0 Å². The van der Waals surface area contributed by atoms with Gasteiger partial charge in [0.25, 0.3) is 0 Å². The smallest absolute Gasteiger partial charge is 0.212 e. The van der Waals surface area contributed by atoms with E-state index in [-0.39, 0.29) is 18.2 Å². The molecule has 1 aromatic heterocycles. The van der Waals surface area contributed by atoms with Crippen molar-refractivity contribution >= 4 is 10.0 Å². The van der Waals surface area contributed by atoms with Crippen molar-refractivity contribution in [2.45, 2.75) is 46.7 Å². The number of hydrogen-bond acceptors (Lipinski definition) is 4. The molecule has 0 saturated carbocycles. The van der Waals surface area contributed by atoms with Crippen LogP contribution in [-0.4, -0.2) is 28.9 Å². The minimum atomic E-state index is -3.24. The van der Waals surface area contributed by atoms with E-state index in [1.54, 1.807) is 6.33 Å². The van der Waals surface area contributed by atoms with Gasteiger partial charge < -0.3 is 4.57 Å². The summed E-state index contributed by atoms with van der Waals surface area (Å²) in [6, 6.07) is 0. The number of sulfonamides is 1. The third-order valence-electron chi connectivity index (χ3n) is 3.10. The quantitative estimate of drug-likeness (QED) is 0.771. The molecule has 0 spiro atoms. The highest BCUT2D eigenvalue weighted by Gasteiger charge is 2.17. The monoisotopic (exact) mass is 274 g/mol. The van der Waals surface area contributed by atoms with E-state index >= 15 is 0 Å². The fourth-order valence-corrected chi connectivity index (χ4v) is 3.31. The molecule has 0 unspecified atom stereocenters. The Morgan fingerprint density at radius 3 is 2.56 bits per heavy atom. The predicted molar refractivity (Wildman–Crippen MR) is 70.4 cm³/mol. The first-order valence-corrected chi connectivity index (χ1v) is 8.01. The average molecular weight is 274 g/mol. The largest absolute Gasteiger partial charge is 0.317 e. The van der Waals surface area contributed by atoms with E-state index in [4.69, 9.17) is 0 Å². The van der Waals surface area contributed by atoms with Crippen LogP contribution in [-0.2, 0) is 23.1 Å². The molecule has 1 N–H and O–H groups in total. The molecule has 0 saturated heterocycles. The second kappa shape index (κ2) is 6.84. The maximum absolute atomic E-state index is 11.9. The highest BCUT2D eigenvalue weighted by atomic mass is 32.2. The van der Waals surface area contributed by atoms with Crippen molar-refractivity contribution < 1.29 is 8.42 Å². The Morgan fingerprint density at radius 2 is 2.00 bits per heavy atom. The fourth-order valence-electron chi connectivity index (χ4n) is 1.75. The molecule has 18 heavy (non-hydrogen) atoms. The topological polar surface area (TPSA) is 76.9 Å². The fraction of sp³-hybridized carbons (Fsp3) is 0.818. The molecule has 0 atom stereocenters. The van der Waals surface area contributed by atoms with Crippen molar-refractivity contribution in [1.82, 2.24) is 19.5 Å². The predicted octanol–water partition coefficient (Wildman–Crippen LogP) is 1.15. The molecule has 1 rings (SSSR count). The van der Waals surface area contributed by atoms with Crippen molar-refractivity contribution in [3.63, 3.8) is 0 Å². The molecule has 0 aliphatic carbocycles. The number of nitrogens with one attached hydrogen (secondary N) is 1. The molecular formula is C11H22N4O2S. The lowest BCUT2D eigenvalue weighted by atomic mass is 10.1. The summed E-state index contributed by atoms with van der Waals surface area (Å²) in [6.07, 6.45) is 3.36. The lowest BCUT2D eigenvalue weighted by Crippen LogP contribution is -2.30. The van der Waals surface area contributed by atoms with Crippen molar-refractivity contribution in [3.05, 3.63) is 12.2 Å². The molecule has 1 heterocycles. The Labute approximate surface area is 109 Å². The summed E-state index contributed by atoms with van der Waals surface area (Å²) in [5.41, 5.74) is 0. The average Bonchev–Trinajstić information content (AvgIpc) is 2.81. The van der Waals surface area contributed by atoms with Gasteiger partial charge in [-0.1, -0.05) is 26.7 Å². The number of aryl methyl sites for hydroxylation is 1. The van der Waals surface area contributed by atoms with E-state index in [2.05, 4.69) is 14.9 Å². The molecule has 6 nitrogen and oxygen atoms in total. The van der Waals surface area contributed by atoms with Gasteiger partial charge in [0.15, 0.2) is 0 Å². The Balaban J connectivity index is 2.56. The molecule has 0 aliphatic heterocycles. The Hall–Kier alpha value is -0.950. The normalized spacial score (nSPS) is 12.2. The second-order valence-electron chi connectivity index (χ2n) is 4.32. The number of aromatic nitrogens is 3. The van der Waals surface area contributed by atoms with Gasteiger partial charge in [-0.25, -0.2) is 13.1 Å². The van der Waals surface area contributed by atoms with E-state index < -0.39 is 10.0 Å². The molecule has 1 aromatic rings. The number of hydrogen-bond donors (Lipinski definition) is 1. The maximum Gasteiger partial charge on any atom is 0.212 e. The molecule has 7 heteroatoms. The molecule has 0 amide bonds. The molecule has 0 fully saturated rings. The van der Waals surface area contributed by atoms with Crippen LogP contribution in [0.5, 0.6) is 0 Å². The van der Waals surface area contributed by atoms with Crippen LogP contribution in [0, 0.1) is 5.92 Å². The minimum Gasteiger partial charge on any atom is -0.317 e. The van der Waals surface area contributed by atoms with Gasteiger partial charge in [-0.2, -0.15) is 0 Å².